The van der Waals surface area contributed by atoms with Crippen molar-refractivity contribution in [2.24, 2.45) is 0 Å². The molecule has 0 saturated carbocycles. The van der Waals surface area contributed by atoms with E-state index in [9.17, 15) is 0 Å². The number of thiazole rings is 1. The highest BCUT2D eigenvalue weighted by Crippen LogP contribution is 2.52. The lowest BCUT2D eigenvalue weighted by Crippen LogP contribution is -2.11. The molecule has 57 heavy (non-hydrogen) atoms. The summed E-state index contributed by atoms with van der Waals surface area (Å²) in [5.74, 6) is 0. The Morgan fingerprint density at radius 1 is 0.368 bits per heavy atom. The second-order valence-corrected chi connectivity index (χ2v) is 16.4. The summed E-state index contributed by atoms with van der Waals surface area (Å²) >= 11 is 3.64. The van der Waals surface area contributed by atoms with E-state index in [4.69, 9.17) is 4.98 Å². The predicted octanol–water partition coefficient (Wildman–Crippen LogP) is 16.0. The molecule has 0 radical (unpaired) electrons. The number of nitrogens with zero attached hydrogens (tertiary/aromatic N) is 2. The number of rotatable bonds is 7. The van der Waals surface area contributed by atoms with E-state index in [2.05, 4.69) is 211 Å². The van der Waals surface area contributed by atoms with Crippen molar-refractivity contribution in [3.63, 3.8) is 0 Å². The van der Waals surface area contributed by atoms with Crippen molar-refractivity contribution < 1.29 is 0 Å². The van der Waals surface area contributed by atoms with E-state index < -0.39 is 0 Å². The number of hydrogen-bond acceptors (Lipinski definition) is 4. The number of hydrogen-bond donors (Lipinski definition) is 0. The molecule has 0 saturated heterocycles. The maximum Gasteiger partial charge on any atom is 0.124 e. The topological polar surface area (TPSA) is 16.1 Å². The fourth-order valence-electron chi connectivity index (χ4n) is 8.20. The van der Waals surface area contributed by atoms with Gasteiger partial charge in [0.25, 0.3) is 0 Å². The smallest absolute Gasteiger partial charge is 0.124 e. The SMILES string of the molecule is c1ccc(-c2ccc(N(c3ccc(-c4ccccc4)c(-c4cccc5ccccc45)c3)c3c4sc(-c5ccccc5)nc4cc4c3sc3ccccc34)cc2)cc1. The normalized spacial score (nSPS) is 11.5. The molecule has 4 heteroatoms. The van der Waals surface area contributed by atoms with Gasteiger partial charge in [0.05, 0.1) is 20.6 Å². The molecule has 2 aromatic heterocycles. The summed E-state index contributed by atoms with van der Waals surface area (Å²) in [6.45, 7) is 0. The summed E-state index contributed by atoms with van der Waals surface area (Å²) in [6.07, 6.45) is 0. The number of aromatic nitrogens is 1. The third-order valence-corrected chi connectivity index (χ3v) is 13.2. The van der Waals surface area contributed by atoms with Crippen molar-refractivity contribution in [1.82, 2.24) is 4.98 Å². The second kappa shape index (κ2) is 14.0. The fourth-order valence-corrected chi connectivity index (χ4v) is 10.6. The zero-order valence-corrected chi connectivity index (χ0v) is 32.5. The molecule has 268 valence electrons. The van der Waals surface area contributed by atoms with Gasteiger partial charge in [-0.3, -0.25) is 0 Å². The van der Waals surface area contributed by atoms with Crippen LogP contribution in [0.1, 0.15) is 0 Å². The highest BCUT2D eigenvalue weighted by atomic mass is 32.1. The summed E-state index contributed by atoms with van der Waals surface area (Å²) in [4.78, 5) is 7.84. The van der Waals surface area contributed by atoms with Crippen LogP contribution < -0.4 is 4.90 Å². The minimum atomic E-state index is 1.01. The zero-order chi connectivity index (χ0) is 37.7. The molecular formula is C53H34N2S2. The summed E-state index contributed by atoms with van der Waals surface area (Å²) in [6, 6.07) is 74.6. The van der Waals surface area contributed by atoms with E-state index in [-0.39, 0.29) is 0 Å². The Bertz CT molecular complexity index is 3220. The first-order valence-corrected chi connectivity index (χ1v) is 20.8. The standard InChI is InChI=1S/C53H34N2S2/c1-4-15-35(16-5-1)36-27-29-40(30-28-36)55(41-31-32-43(37-17-6-2-7-18-37)46(33-41)44-25-14-22-38-19-10-11-23-42(38)44)50-51-47(45-24-12-13-26-49(45)56-51)34-48-52(50)57-53(54-48)39-20-8-3-9-21-39/h1-34H. The molecule has 0 aliphatic rings. The molecule has 11 rings (SSSR count). The Balaban J connectivity index is 1.23. The molecule has 11 aromatic rings. The van der Waals surface area contributed by atoms with Gasteiger partial charge in [-0.25, -0.2) is 4.98 Å². The highest BCUT2D eigenvalue weighted by molar-refractivity contribution is 7.27. The first-order valence-electron chi connectivity index (χ1n) is 19.2. The van der Waals surface area contributed by atoms with E-state index in [0.717, 1.165) is 33.1 Å². The van der Waals surface area contributed by atoms with E-state index >= 15 is 0 Å². The van der Waals surface area contributed by atoms with E-state index in [1.54, 1.807) is 11.3 Å². The average molecular weight is 763 g/mol. The summed E-state index contributed by atoms with van der Waals surface area (Å²) < 4.78 is 3.68. The molecule has 0 fully saturated rings. The van der Waals surface area contributed by atoms with Crippen LogP contribution in [0.5, 0.6) is 0 Å². The van der Waals surface area contributed by atoms with Crippen LogP contribution in [-0.4, -0.2) is 4.98 Å². The molecule has 9 aromatic carbocycles. The largest absolute Gasteiger partial charge is 0.308 e. The molecule has 2 nitrogen and oxygen atoms in total. The Kier molecular flexibility index (Phi) is 8.24. The van der Waals surface area contributed by atoms with Gasteiger partial charge in [0.15, 0.2) is 0 Å². The number of thiophene rings is 1. The monoisotopic (exact) mass is 762 g/mol. The fraction of sp³-hybridized carbons (Fsp3) is 0. The average Bonchev–Trinajstić information content (AvgIpc) is 3.89. The van der Waals surface area contributed by atoms with Crippen LogP contribution in [0.3, 0.4) is 0 Å². The van der Waals surface area contributed by atoms with Gasteiger partial charge in [-0.05, 0) is 80.6 Å². The molecular weight excluding hydrogens is 729 g/mol. The number of anilines is 3. The molecule has 2 heterocycles. The second-order valence-electron chi connectivity index (χ2n) is 14.3. The number of fused-ring (bicyclic) bond motifs is 5. The minimum Gasteiger partial charge on any atom is -0.308 e. The zero-order valence-electron chi connectivity index (χ0n) is 30.8. The van der Waals surface area contributed by atoms with Crippen LogP contribution in [0.4, 0.5) is 17.1 Å². The van der Waals surface area contributed by atoms with E-state index in [1.807, 2.05) is 11.3 Å². The Morgan fingerprint density at radius 3 is 1.75 bits per heavy atom. The van der Waals surface area contributed by atoms with Crippen molar-refractivity contribution in [3.05, 3.63) is 206 Å². The van der Waals surface area contributed by atoms with Crippen LogP contribution in [0, 0.1) is 0 Å². The first-order chi connectivity index (χ1) is 28.3. The molecule has 0 aliphatic carbocycles. The van der Waals surface area contributed by atoms with Gasteiger partial charge in [-0.1, -0.05) is 170 Å². The first kappa shape index (κ1) is 33.5. The molecule has 0 amide bonds. The van der Waals surface area contributed by atoms with Gasteiger partial charge in [-0.15, -0.1) is 22.7 Å². The lowest BCUT2D eigenvalue weighted by atomic mass is 9.90. The lowest BCUT2D eigenvalue weighted by molar-refractivity contribution is 1.31. The third kappa shape index (κ3) is 5.89. The van der Waals surface area contributed by atoms with Gasteiger partial charge in [0.1, 0.15) is 5.01 Å². The summed E-state index contributed by atoms with van der Waals surface area (Å²) in [5, 5.41) is 5.96. The predicted molar refractivity (Wildman–Crippen MR) is 246 cm³/mol. The molecule has 0 bridgehead atoms. The van der Waals surface area contributed by atoms with Crippen LogP contribution in [0.2, 0.25) is 0 Å². The van der Waals surface area contributed by atoms with Crippen molar-refractivity contribution in [3.8, 4) is 44.0 Å². The van der Waals surface area contributed by atoms with Crippen molar-refractivity contribution >= 4 is 80.9 Å². The lowest BCUT2D eigenvalue weighted by Gasteiger charge is -2.28. The van der Waals surface area contributed by atoms with Gasteiger partial charge in [-0.2, -0.15) is 0 Å². The quantitative estimate of drug-likeness (QED) is 0.161. The molecule has 0 spiro atoms. The Labute approximate surface area is 339 Å². The molecule has 0 N–H and O–H groups in total. The molecule has 0 unspecified atom stereocenters. The van der Waals surface area contributed by atoms with Crippen molar-refractivity contribution in [2.75, 3.05) is 4.90 Å². The van der Waals surface area contributed by atoms with E-state index in [1.165, 1.54) is 69.0 Å². The number of benzene rings is 9. The third-order valence-electron chi connectivity index (χ3n) is 10.9. The van der Waals surface area contributed by atoms with Crippen LogP contribution >= 0.6 is 22.7 Å². The van der Waals surface area contributed by atoms with Crippen LogP contribution in [0.25, 0.3) is 85.1 Å². The van der Waals surface area contributed by atoms with Gasteiger partial charge < -0.3 is 4.90 Å². The van der Waals surface area contributed by atoms with Gasteiger partial charge >= 0.3 is 0 Å². The van der Waals surface area contributed by atoms with E-state index in [0.29, 0.717) is 0 Å². The maximum atomic E-state index is 5.35. The Morgan fingerprint density at radius 2 is 0.982 bits per heavy atom. The van der Waals surface area contributed by atoms with Crippen LogP contribution in [0.15, 0.2) is 206 Å². The van der Waals surface area contributed by atoms with Gasteiger partial charge in [0, 0.05) is 32.4 Å². The highest BCUT2D eigenvalue weighted by Gasteiger charge is 2.25. The van der Waals surface area contributed by atoms with Crippen molar-refractivity contribution in [2.45, 2.75) is 0 Å². The molecule has 0 atom stereocenters. The minimum absolute atomic E-state index is 1.01. The maximum absolute atomic E-state index is 5.35. The Hall–Kier alpha value is -6.85. The molecule has 0 aliphatic heterocycles. The van der Waals surface area contributed by atoms with Crippen molar-refractivity contribution in [1.29, 1.82) is 0 Å². The van der Waals surface area contributed by atoms with Gasteiger partial charge in [0.2, 0.25) is 0 Å². The summed E-state index contributed by atoms with van der Waals surface area (Å²) in [5.41, 5.74) is 12.6. The van der Waals surface area contributed by atoms with Crippen LogP contribution in [-0.2, 0) is 0 Å². The summed E-state index contributed by atoms with van der Waals surface area (Å²) in [7, 11) is 0.